The first-order valence-corrected chi connectivity index (χ1v) is 7.58. The monoisotopic (exact) mass is 304 g/mol. The van der Waals surface area contributed by atoms with Crippen LogP contribution in [-0.2, 0) is 9.53 Å². The van der Waals surface area contributed by atoms with Crippen LogP contribution < -0.4 is 5.73 Å². The minimum atomic E-state index is -0.212. The molecule has 0 aromatic rings. The number of morpholine rings is 1. The number of hydrogen-bond donors (Lipinski definition) is 1. The molecule has 0 aromatic heterocycles. The lowest BCUT2D eigenvalue weighted by Gasteiger charge is -2.41. The Morgan fingerprint density at radius 1 is 1.25 bits per heavy atom. The van der Waals surface area contributed by atoms with Gasteiger partial charge in [0.15, 0.2) is 0 Å². The molecule has 1 heterocycles. The fourth-order valence-electron chi connectivity index (χ4n) is 3.42. The van der Waals surface area contributed by atoms with E-state index in [-0.39, 0.29) is 29.3 Å². The molecule has 2 fully saturated rings. The van der Waals surface area contributed by atoms with Gasteiger partial charge in [-0.1, -0.05) is 19.3 Å². The van der Waals surface area contributed by atoms with E-state index in [1.807, 2.05) is 18.7 Å². The predicted octanol–water partition coefficient (Wildman–Crippen LogP) is 2.34. The van der Waals surface area contributed by atoms with Crippen LogP contribution in [0.3, 0.4) is 0 Å². The summed E-state index contributed by atoms with van der Waals surface area (Å²) in [6.07, 6.45) is 6.59. The van der Waals surface area contributed by atoms with Crippen molar-refractivity contribution in [3.63, 3.8) is 0 Å². The fourth-order valence-corrected chi connectivity index (χ4v) is 3.42. The SMILES string of the molecule is CC1(C)CN(C(=O)CC2(CN)CCCCC2)CCO1.Cl. The highest BCUT2D eigenvalue weighted by Gasteiger charge is 2.36. The number of hydrogen-bond acceptors (Lipinski definition) is 3. The molecule has 5 heteroatoms. The molecule has 0 atom stereocenters. The van der Waals surface area contributed by atoms with Crippen molar-refractivity contribution in [2.45, 2.75) is 58.0 Å². The molecule has 0 unspecified atom stereocenters. The summed E-state index contributed by atoms with van der Waals surface area (Å²) >= 11 is 0. The third-order valence-corrected chi connectivity index (χ3v) is 4.65. The molecule has 1 saturated carbocycles. The number of ether oxygens (including phenoxy) is 1. The summed E-state index contributed by atoms with van der Waals surface area (Å²) in [7, 11) is 0. The molecule has 4 nitrogen and oxygen atoms in total. The summed E-state index contributed by atoms with van der Waals surface area (Å²) in [5.41, 5.74) is 5.83. The third-order valence-electron chi connectivity index (χ3n) is 4.65. The first-order chi connectivity index (χ1) is 8.96. The van der Waals surface area contributed by atoms with Crippen molar-refractivity contribution in [2.75, 3.05) is 26.2 Å². The second-order valence-corrected chi connectivity index (χ2v) is 6.87. The van der Waals surface area contributed by atoms with Crippen LogP contribution in [0.4, 0.5) is 0 Å². The van der Waals surface area contributed by atoms with Crippen molar-refractivity contribution in [1.82, 2.24) is 4.90 Å². The third kappa shape index (κ3) is 4.34. The molecule has 1 aliphatic heterocycles. The Morgan fingerprint density at radius 2 is 1.90 bits per heavy atom. The molecule has 0 aromatic carbocycles. The lowest BCUT2D eigenvalue weighted by molar-refractivity contribution is -0.148. The molecule has 1 aliphatic carbocycles. The Balaban J connectivity index is 0.00000200. The first kappa shape index (κ1) is 17.7. The van der Waals surface area contributed by atoms with E-state index >= 15 is 0 Å². The van der Waals surface area contributed by atoms with Gasteiger partial charge < -0.3 is 15.4 Å². The van der Waals surface area contributed by atoms with E-state index in [1.54, 1.807) is 0 Å². The molecular weight excluding hydrogens is 276 g/mol. The van der Waals surface area contributed by atoms with Gasteiger partial charge in [-0.3, -0.25) is 4.79 Å². The van der Waals surface area contributed by atoms with E-state index < -0.39 is 0 Å². The predicted molar refractivity (Wildman–Crippen MR) is 83.0 cm³/mol. The second-order valence-electron chi connectivity index (χ2n) is 6.87. The van der Waals surface area contributed by atoms with Crippen molar-refractivity contribution >= 4 is 18.3 Å². The van der Waals surface area contributed by atoms with Crippen LogP contribution in [0, 0.1) is 5.41 Å². The molecule has 2 N–H and O–H groups in total. The zero-order chi connectivity index (χ0) is 13.9. The van der Waals surface area contributed by atoms with Crippen LogP contribution in [0.5, 0.6) is 0 Å². The zero-order valence-electron chi connectivity index (χ0n) is 12.8. The topological polar surface area (TPSA) is 55.6 Å². The minimum absolute atomic E-state index is 0. The molecule has 2 rings (SSSR count). The summed E-state index contributed by atoms with van der Waals surface area (Å²) in [4.78, 5) is 14.5. The van der Waals surface area contributed by atoms with E-state index in [0.717, 1.165) is 19.4 Å². The maximum absolute atomic E-state index is 12.5. The zero-order valence-corrected chi connectivity index (χ0v) is 13.6. The normalized spacial score (nSPS) is 24.9. The molecule has 1 amide bonds. The Morgan fingerprint density at radius 3 is 2.45 bits per heavy atom. The van der Waals surface area contributed by atoms with Crippen LogP contribution in [0.1, 0.15) is 52.4 Å². The number of amides is 1. The van der Waals surface area contributed by atoms with Gasteiger partial charge >= 0.3 is 0 Å². The highest BCUT2D eigenvalue weighted by molar-refractivity contribution is 5.85. The van der Waals surface area contributed by atoms with Crippen molar-refractivity contribution < 1.29 is 9.53 Å². The highest BCUT2D eigenvalue weighted by atomic mass is 35.5. The molecular formula is C15H29ClN2O2. The summed E-state index contributed by atoms with van der Waals surface area (Å²) in [6.45, 7) is 6.81. The summed E-state index contributed by atoms with van der Waals surface area (Å²) in [5.74, 6) is 0.267. The van der Waals surface area contributed by atoms with Gasteiger partial charge in [0, 0.05) is 19.5 Å². The van der Waals surface area contributed by atoms with E-state index in [2.05, 4.69) is 0 Å². The van der Waals surface area contributed by atoms with Crippen molar-refractivity contribution in [2.24, 2.45) is 11.1 Å². The molecule has 0 spiro atoms. The van der Waals surface area contributed by atoms with E-state index in [0.29, 0.717) is 26.1 Å². The quantitative estimate of drug-likeness (QED) is 0.871. The van der Waals surface area contributed by atoms with E-state index in [1.165, 1.54) is 19.3 Å². The van der Waals surface area contributed by atoms with Crippen molar-refractivity contribution in [1.29, 1.82) is 0 Å². The van der Waals surface area contributed by atoms with E-state index in [4.69, 9.17) is 10.5 Å². The average molecular weight is 305 g/mol. The maximum atomic E-state index is 12.5. The van der Waals surface area contributed by atoms with Gasteiger partial charge in [-0.2, -0.15) is 0 Å². The van der Waals surface area contributed by atoms with Crippen molar-refractivity contribution in [3.05, 3.63) is 0 Å². The lowest BCUT2D eigenvalue weighted by Crippen LogP contribution is -2.52. The molecule has 118 valence electrons. The standard InChI is InChI=1S/C15H28N2O2.ClH/c1-14(2)12-17(8-9-19-14)13(18)10-15(11-16)6-4-3-5-7-15;/h3-12,16H2,1-2H3;1H. The van der Waals surface area contributed by atoms with Gasteiger partial charge in [0.2, 0.25) is 5.91 Å². The van der Waals surface area contributed by atoms with Crippen molar-refractivity contribution in [3.8, 4) is 0 Å². The summed E-state index contributed by atoms with van der Waals surface area (Å²) in [6, 6.07) is 0. The van der Waals surface area contributed by atoms with Gasteiger partial charge in [-0.15, -0.1) is 12.4 Å². The minimum Gasteiger partial charge on any atom is -0.372 e. The number of rotatable bonds is 3. The Hall–Kier alpha value is -0.320. The summed E-state index contributed by atoms with van der Waals surface area (Å²) < 4.78 is 5.67. The number of carbonyl (C=O) groups is 1. The number of halogens is 1. The molecule has 2 aliphatic rings. The van der Waals surface area contributed by atoms with Crippen LogP contribution in [-0.4, -0.2) is 42.6 Å². The van der Waals surface area contributed by atoms with Crippen LogP contribution in [0.2, 0.25) is 0 Å². The molecule has 0 radical (unpaired) electrons. The smallest absolute Gasteiger partial charge is 0.223 e. The molecule has 1 saturated heterocycles. The largest absolute Gasteiger partial charge is 0.372 e. The van der Waals surface area contributed by atoms with Crippen LogP contribution in [0.25, 0.3) is 0 Å². The van der Waals surface area contributed by atoms with E-state index in [9.17, 15) is 4.79 Å². The van der Waals surface area contributed by atoms with Gasteiger partial charge in [0.25, 0.3) is 0 Å². The van der Waals surface area contributed by atoms with Gasteiger partial charge in [-0.25, -0.2) is 0 Å². The Labute approximate surface area is 128 Å². The molecule has 0 bridgehead atoms. The van der Waals surface area contributed by atoms with Crippen LogP contribution in [0.15, 0.2) is 0 Å². The Bertz CT molecular complexity index is 328. The van der Waals surface area contributed by atoms with Crippen LogP contribution >= 0.6 is 12.4 Å². The van der Waals surface area contributed by atoms with Gasteiger partial charge in [-0.05, 0) is 38.6 Å². The Kier molecular flexibility index (Phi) is 6.29. The van der Waals surface area contributed by atoms with Gasteiger partial charge in [0.05, 0.1) is 12.2 Å². The number of nitrogens with two attached hydrogens (primary N) is 1. The summed E-state index contributed by atoms with van der Waals surface area (Å²) in [5, 5.41) is 0. The first-order valence-electron chi connectivity index (χ1n) is 7.58. The number of carbonyl (C=O) groups excluding carboxylic acids is 1. The fraction of sp³-hybridized carbons (Fsp3) is 0.933. The average Bonchev–Trinajstić information content (AvgIpc) is 2.38. The van der Waals surface area contributed by atoms with Gasteiger partial charge in [0.1, 0.15) is 0 Å². The maximum Gasteiger partial charge on any atom is 0.223 e. The second kappa shape index (κ2) is 7.10. The molecule has 20 heavy (non-hydrogen) atoms. The lowest BCUT2D eigenvalue weighted by atomic mass is 9.71. The highest BCUT2D eigenvalue weighted by Crippen LogP contribution is 2.39. The number of nitrogens with zero attached hydrogens (tertiary/aromatic N) is 1.